The molecule has 37 heavy (non-hydrogen) atoms. The molecule has 0 bridgehead atoms. The number of benzene rings is 2. The quantitative estimate of drug-likeness (QED) is 0.578. The summed E-state index contributed by atoms with van der Waals surface area (Å²) in [4.78, 5) is 22.7. The summed E-state index contributed by atoms with van der Waals surface area (Å²) in [6, 6.07) is 13.7. The maximum absolute atomic E-state index is 15.2. The minimum atomic E-state index is -0.339. The molecule has 0 spiro atoms. The minimum Gasteiger partial charge on any atom is -0.389 e. The normalized spacial score (nSPS) is 23.3. The molecule has 1 unspecified atom stereocenters. The first-order chi connectivity index (χ1) is 18.0. The Bertz CT molecular complexity index is 1420. The van der Waals surface area contributed by atoms with Crippen molar-refractivity contribution in [3.63, 3.8) is 0 Å². The number of aromatic nitrogens is 2. The predicted octanol–water partition coefficient (Wildman–Crippen LogP) is 4.44. The van der Waals surface area contributed by atoms with Gasteiger partial charge in [-0.05, 0) is 67.0 Å². The molecule has 1 amide bonds. The molecule has 2 fully saturated rings. The SMILES string of the molecule is C[C@@H]1c2ccccc2CCN1C(=O)C1C=C(C2CC2)c2nc(-c3ccc(N4CC(O)C4)cc3F)cn2C1. The van der Waals surface area contributed by atoms with E-state index in [4.69, 9.17) is 4.98 Å². The fourth-order valence-corrected chi connectivity index (χ4v) is 6.19. The van der Waals surface area contributed by atoms with Gasteiger partial charge < -0.3 is 19.5 Å². The van der Waals surface area contributed by atoms with Crippen LogP contribution in [0, 0.1) is 17.7 Å². The van der Waals surface area contributed by atoms with E-state index in [-0.39, 0.29) is 29.8 Å². The van der Waals surface area contributed by atoms with E-state index >= 15 is 4.39 Å². The smallest absolute Gasteiger partial charge is 0.231 e. The highest BCUT2D eigenvalue weighted by Gasteiger charge is 2.38. The van der Waals surface area contributed by atoms with Crippen LogP contribution in [0.3, 0.4) is 0 Å². The second-order valence-corrected chi connectivity index (χ2v) is 11.0. The molecule has 3 aliphatic heterocycles. The zero-order chi connectivity index (χ0) is 25.3. The number of halogens is 1. The fraction of sp³-hybridized carbons (Fsp3) is 0.400. The first-order valence-electron chi connectivity index (χ1n) is 13.4. The number of fused-ring (bicyclic) bond motifs is 2. The van der Waals surface area contributed by atoms with E-state index < -0.39 is 0 Å². The number of hydrogen-bond acceptors (Lipinski definition) is 4. The summed E-state index contributed by atoms with van der Waals surface area (Å²) < 4.78 is 17.2. The summed E-state index contributed by atoms with van der Waals surface area (Å²) >= 11 is 0. The Hall–Kier alpha value is -3.45. The topological polar surface area (TPSA) is 61.6 Å². The molecule has 1 saturated heterocycles. The molecule has 1 saturated carbocycles. The van der Waals surface area contributed by atoms with Gasteiger partial charge in [0.15, 0.2) is 0 Å². The van der Waals surface area contributed by atoms with Crippen molar-refractivity contribution in [3.05, 3.63) is 77.5 Å². The number of imidazole rings is 1. The summed E-state index contributed by atoms with van der Waals surface area (Å²) in [5, 5.41) is 9.57. The van der Waals surface area contributed by atoms with Crippen molar-refractivity contribution in [1.29, 1.82) is 0 Å². The van der Waals surface area contributed by atoms with Crippen LogP contribution in [-0.2, 0) is 17.8 Å². The zero-order valence-electron chi connectivity index (χ0n) is 21.0. The summed E-state index contributed by atoms with van der Waals surface area (Å²) in [6.07, 6.45) is 6.80. The van der Waals surface area contributed by atoms with E-state index in [9.17, 15) is 9.90 Å². The molecule has 190 valence electrons. The first kappa shape index (κ1) is 22.7. The molecular formula is C30H31FN4O2. The molecule has 6 nitrogen and oxygen atoms in total. The monoisotopic (exact) mass is 498 g/mol. The lowest BCUT2D eigenvalue weighted by molar-refractivity contribution is -0.137. The molecule has 1 aromatic heterocycles. The average Bonchev–Trinajstić information content (AvgIpc) is 3.64. The molecule has 2 aromatic carbocycles. The number of amides is 1. The van der Waals surface area contributed by atoms with E-state index in [1.807, 2.05) is 28.1 Å². The van der Waals surface area contributed by atoms with Crippen LogP contribution in [0.5, 0.6) is 0 Å². The van der Waals surface area contributed by atoms with Crippen LogP contribution in [0.4, 0.5) is 10.1 Å². The number of aliphatic hydroxyl groups is 1. The van der Waals surface area contributed by atoms with Crippen LogP contribution in [0.15, 0.2) is 54.7 Å². The van der Waals surface area contributed by atoms with Crippen LogP contribution in [-0.4, -0.2) is 51.2 Å². The van der Waals surface area contributed by atoms with Gasteiger partial charge in [0.25, 0.3) is 0 Å². The van der Waals surface area contributed by atoms with E-state index in [1.54, 1.807) is 6.07 Å². The van der Waals surface area contributed by atoms with Gasteiger partial charge >= 0.3 is 0 Å². The van der Waals surface area contributed by atoms with Gasteiger partial charge in [-0.15, -0.1) is 0 Å². The van der Waals surface area contributed by atoms with Crippen LogP contribution in [0.25, 0.3) is 16.8 Å². The number of nitrogens with zero attached hydrogens (tertiary/aromatic N) is 4. The molecule has 7 rings (SSSR count). The van der Waals surface area contributed by atoms with Crippen molar-refractivity contribution in [3.8, 4) is 11.3 Å². The summed E-state index contributed by atoms with van der Waals surface area (Å²) in [6.45, 7) is 4.44. The van der Waals surface area contributed by atoms with Crippen LogP contribution >= 0.6 is 0 Å². The van der Waals surface area contributed by atoms with Gasteiger partial charge in [0.2, 0.25) is 5.91 Å². The predicted molar refractivity (Wildman–Crippen MR) is 140 cm³/mol. The second-order valence-electron chi connectivity index (χ2n) is 11.0. The molecular weight excluding hydrogens is 467 g/mol. The number of rotatable bonds is 4. The summed E-state index contributed by atoms with van der Waals surface area (Å²) in [7, 11) is 0. The maximum atomic E-state index is 15.2. The molecule has 4 heterocycles. The average molecular weight is 499 g/mol. The Morgan fingerprint density at radius 1 is 1.11 bits per heavy atom. The molecule has 1 aliphatic carbocycles. The molecule has 1 N–H and O–H groups in total. The van der Waals surface area contributed by atoms with Gasteiger partial charge in [0.1, 0.15) is 11.6 Å². The van der Waals surface area contributed by atoms with Gasteiger partial charge in [-0.2, -0.15) is 0 Å². The van der Waals surface area contributed by atoms with Crippen LogP contribution < -0.4 is 4.90 Å². The summed E-state index contributed by atoms with van der Waals surface area (Å²) in [5.74, 6) is 0.887. The van der Waals surface area contributed by atoms with E-state index in [2.05, 4.69) is 35.8 Å². The van der Waals surface area contributed by atoms with E-state index in [1.165, 1.54) is 17.2 Å². The maximum Gasteiger partial charge on any atom is 0.231 e. The van der Waals surface area contributed by atoms with E-state index in [0.29, 0.717) is 36.8 Å². The largest absolute Gasteiger partial charge is 0.389 e. The van der Waals surface area contributed by atoms with Crippen LogP contribution in [0.2, 0.25) is 0 Å². The lowest BCUT2D eigenvalue weighted by Crippen LogP contribution is -2.50. The van der Waals surface area contributed by atoms with Crippen molar-refractivity contribution < 1.29 is 14.3 Å². The van der Waals surface area contributed by atoms with Gasteiger partial charge in [0, 0.05) is 43.6 Å². The molecule has 7 heteroatoms. The third-order valence-corrected chi connectivity index (χ3v) is 8.48. The Morgan fingerprint density at radius 3 is 2.68 bits per heavy atom. The van der Waals surface area contributed by atoms with E-state index in [0.717, 1.165) is 42.9 Å². The standard InChI is InChI=1S/C30H31FN4O2/c1-18-24-5-3-2-4-19(24)10-11-35(18)30(37)21-12-26(20-6-7-20)29-32-28(17-34(29)14-21)25-9-8-22(13-27(25)31)33-15-23(36)16-33/h2-5,8-9,12-13,17-18,20-21,23,36H,6-7,10-11,14-16H2,1H3/t18-,21?/m1/s1. The number of carbonyl (C=O) groups excluding carboxylic acids is 1. The van der Waals surface area contributed by atoms with Gasteiger partial charge in [-0.1, -0.05) is 30.3 Å². The van der Waals surface area contributed by atoms with Crippen molar-refractivity contribution in [2.45, 2.75) is 44.9 Å². The van der Waals surface area contributed by atoms with Gasteiger partial charge in [-0.3, -0.25) is 4.79 Å². The van der Waals surface area contributed by atoms with Crippen molar-refractivity contribution in [2.24, 2.45) is 11.8 Å². The Labute approximate surface area is 216 Å². The molecule has 3 aromatic rings. The second kappa shape index (κ2) is 8.55. The first-order valence-corrected chi connectivity index (χ1v) is 13.4. The molecule has 4 aliphatic rings. The Kier molecular flexibility index (Phi) is 5.25. The lowest BCUT2D eigenvalue weighted by Gasteiger charge is -2.38. The molecule has 0 radical (unpaired) electrons. The highest BCUT2D eigenvalue weighted by atomic mass is 19.1. The van der Waals surface area contributed by atoms with Gasteiger partial charge in [0.05, 0.1) is 23.8 Å². The van der Waals surface area contributed by atoms with Crippen molar-refractivity contribution >= 4 is 17.2 Å². The number of anilines is 1. The van der Waals surface area contributed by atoms with Crippen molar-refractivity contribution in [1.82, 2.24) is 14.5 Å². The van der Waals surface area contributed by atoms with Gasteiger partial charge in [-0.25, -0.2) is 9.37 Å². The number of β-amino-alcohol motifs (C(OH)–C–C–N with tert-alkyl or cyclic N) is 1. The highest BCUT2D eigenvalue weighted by molar-refractivity contribution is 5.85. The number of hydrogen-bond donors (Lipinski definition) is 1. The third-order valence-electron chi connectivity index (χ3n) is 8.48. The number of aliphatic hydroxyl groups excluding tert-OH is 1. The summed E-state index contributed by atoms with van der Waals surface area (Å²) in [5.41, 5.74) is 5.54. The Morgan fingerprint density at radius 2 is 1.92 bits per heavy atom. The fourth-order valence-electron chi connectivity index (χ4n) is 6.19. The lowest BCUT2D eigenvalue weighted by atomic mass is 9.91. The minimum absolute atomic E-state index is 0.0510. The van der Waals surface area contributed by atoms with Crippen LogP contribution in [0.1, 0.15) is 42.8 Å². The number of allylic oxidation sites excluding steroid dienone is 1. The third kappa shape index (κ3) is 3.87. The Balaban J connectivity index is 1.17. The highest BCUT2D eigenvalue weighted by Crippen LogP contribution is 2.45. The van der Waals surface area contributed by atoms with Crippen molar-refractivity contribution in [2.75, 3.05) is 24.5 Å². The zero-order valence-corrected chi connectivity index (χ0v) is 21.0. The molecule has 2 atom stereocenters. The number of carbonyl (C=O) groups is 1.